The molecule has 0 bridgehead atoms. The highest BCUT2D eigenvalue weighted by atomic mass is 16.2. The summed E-state index contributed by atoms with van der Waals surface area (Å²) in [6, 6.07) is 16.5. The summed E-state index contributed by atoms with van der Waals surface area (Å²) >= 11 is 0. The lowest BCUT2D eigenvalue weighted by Gasteiger charge is -2.16. The number of hydrogen-bond donors (Lipinski definition) is 1. The van der Waals surface area contributed by atoms with E-state index < -0.39 is 6.04 Å². The number of imide groups is 1. The Bertz CT molecular complexity index is 680. The largest absolute Gasteiger partial charge is 0.373 e. The zero-order valence-electron chi connectivity index (χ0n) is 12.5. The van der Waals surface area contributed by atoms with Crippen molar-refractivity contribution in [3.05, 3.63) is 60.2 Å². The molecule has 1 aliphatic rings. The summed E-state index contributed by atoms with van der Waals surface area (Å²) in [4.78, 5) is 25.9. The van der Waals surface area contributed by atoms with Crippen molar-refractivity contribution in [2.45, 2.75) is 25.8 Å². The van der Waals surface area contributed by atoms with Crippen molar-refractivity contribution in [3.8, 4) is 0 Å². The molecule has 0 radical (unpaired) electrons. The third-order valence-electron chi connectivity index (χ3n) is 3.86. The smallest absolute Gasteiger partial charge is 0.256 e. The van der Waals surface area contributed by atoms with Gasteiger partial charge in [0, 0.05) is 5.69 Å². The number of nitrogens with one attached hydrogen (secondary N) is 1. The summed E-state index contributed by atoms with van der Waals surface area (Å²) in [5, 5.41) is 3.16. The lowest BCUT2D eigenvalue weighted by molar-refractivity contribution is -0.121. The third-order valence-corrected chi connectivity index (χ3v) is 3.86. The van der Waals surface area contributed by atoms with Crippen molar-refractivity contribution in [2.75, 3.05) is 10.2 Å². The van der Waals surface area contributed by atoms with Crippen LogP contribution in [0.4, 0.5) is 11.4 Å². The van der Waals surface area contributed by atoms with E-state index in [1.807, 2.05) is 42.5 Å². The van der Waals surface area contributed by atoms with Crippen molar-refractivity contribution in [1.29, 1.82) is 0 Å². The Hall–Kier alpha value is -2.62. The molecule has 112 valence electrons. The van der Waals surface area contributed by atoms with Crippen LogP contribution in [0.15, 0.2) is 54.6 Å². The summed E-state index contributed by atoms with van der Waals surface area (Å²) < 4.78 is 0. The SMILES string of the molecule is CCc1ccc(N[C@H]2CC(=O)N(c3ccccc3)C2=O)cc1. The molecule has 22 heavy (non-hydrogen) atoms. The molecule has 2 amide bonds. The monoisotopic (exact) mass is 294 g/mol. The molecule has 3 rings (SSSR count). The third kappa shape index (κ3) is 2.72. The average Bonchev–Trinajstić information content (AvgIpc) is 2.83. The van der Waals surface area contributed by atoms with E-state index in [2.05, 4.69) is 12.2 Å². The Labute approximate surface area is 129 Å². The number of anilines is 2. The maximum absolute atomic E-state index is 12.5. The van der Waals surface area contributed by atoms with Crippen LogP contribution in [0.2, 0.25) is 0 Å². The number of para-hydroxylation sites is 1. The normalized spacial score (nSPS) is 17.9. The number of hydrogen-bond acceptors (Lipinski definition) is 3. The quantitative estimate of drug-likeness (QED) is 0.882. The Morgan fingerprint density at radius 3 is 2.36 bits per heavy atom. The lowest BCUT2D eigenvalue weighted by Crippen LogP contribution is -2.34. The van der Waals surface area contributed by atoms with E-state index in [-0.39, 0.29) is 18.2 Å². The summed E-state index contributed by atoms with van der Waals surface area (Å²) in [5.41, 5.74) is 2.73. The molecule has 1 atom stereocenters. The zero-order valence-corrected chi connectivity index (χ0v) is 12.5. The molecule has 0 aliphatic carbocycles. The zero-order chi connectivity index (χ0) is 15.5. The maximum atomic E-state index is 12.5. The fourth-order valence-corrected chi connectivity index (χ4v) is 2.63. The molecule has 2 aromatic carbocycles. The highest BCUT2D eigenvalue weighted by Crippen LogP contribution is 2.24. The molecular formula is C18H18N2O2. The van der Waals surface area contributed by atoms with Gasteiger partial charge >= 0.3 is 0 Å². The van der Waals surface area contributed by atoms with Gasteiger partial charge < -0.3 is 5.32 Å². The van der Waals surface area contributed by atoms with Crippen molar-refractivity contribution in [3.63, 3.8) is 0 Å². The van der Waals surface area contributed by atoms with E-state index in [1.54, 1.807) is 12.1 Å². The second kappa shape index (κ2) is 6.02. The molecule has 1 aliphatic heterocycles. The van der Waals surface area contributed by atoms with Crippen LogP contribution in [0.1, 0.15) is 18.9 Å². The Morgan fingerprint density at radius 1 is 1.05 bits per heavy atom. The van der Waals surface area contributed by atoms with Crippen LogP contribution >= 0.6 is 0 Å². The van der Waals surface area contributed by atoms with Crippen molar-refractivity contribution in [1.82, 2.24) is 0 Å². The van der Waals surface area contributed by atoms with E-state index in [0.717, 1.165) is 12.1 Å². The van der Waals surface area contributed by atoms with Crippen LogP contribution in [0, 0.1) is 0 Å². The van der Waals surface area contributed by atoms with Crippen LogP contribution in [0.3, 0.4) is 0 Å². The molecule has 1 heterocycles. The van der Waals surface area contributed by atoms with Gasteiger partial charge in [0.1, 0.15) is 6.04 Å². The van der Waals surface area contributed by atoms with Gasteiger partial charge in [-0.15, -0.1) is 0 Å². The molecule has 4 nitrogen and oxygen atoms in total. The molecule has 2 aromatic rings. The topological polar surface area (TPSA) is 49.4 Å². The van der Waals surface area contributed by atoms with Gasteiger partial charge in [0.15, 0.2) is 0 Å². The van der Waals surface area contributed by atoms with Gasteiger partial charge in [-0.25, -0.2) is 4.90 Å². The number of rotatable bonds is 4. The van der Waals surface area contributed by atoms with Gasteiger partial charge in [0.05, 0.1) is 12.1 Å². The second-order valence-electron chi connectivity index (χ2n) is 5.35. The summed E-state index contributed by atoms with van der Waals surface area (Å²) in [6.45, 7) is 2.10. The number of carbonyl (C=O) groups is 2. The van der Waals surface area contributed by atoms with E-state index >= 15 is 0 Å². The molecule has 0 spiro atoms. The van der Waals surface area contributed by atoms with Crippen molar-refractivity contribution < 1.29 is 9.59 Å². The first-order chi connectivity index (χ1) is 10.7. The van der Waals surface area contributed by atoms with Gasteiger partial charge in [0.2, 0.25) is 5.91 Å². The van der Waals surface area contributed by atoms with Gasteiger partial charge in [-0.05, 0) is 36.2 Å². The minimum Gasteiger partial charge on any atom is -0.373 e. The van der Waals surface area contributed by atoms with Crippen LogP contribution in [-0.4, -0.2) is 17.9 Å². The van der Waals surface area contributed by atoms with Gasteiger partial charge in [-0.1, -0.05) is 37.3 Å². The van der Waals surface area contributed by atoms with Crippen molar-refractivity contribution in [2.24, 2.45) is 0 Å². The standard InChI is InChI=1S/C18H18N2O2/c1-2-13-8-10-14(11-9-13)19-16-12-17(21)20(18(16)22)15-6-4-3-5-7-15/h3-11,16,19H,2,12H2,1H3/t16-/m0/s1. The molecule has 1 saturated heterocycles. The summed E-state index contributed by atoms with van der Waals surface area (Å²) in [5.74, 6) is -0.366. The molecular weight excluding hydrogens is 276 g/mol. The first-order valence-electron chi connectivity index (χ1n) is 7.46. The molecule has 1 N–H and O–H groups in total. The molecule has 0 aromatic heterocycles. The molecule has 0 saturated carbocycles. The number of carbonyl (C=O) groups excluding carboxylic acids is 2. The summed E-state index contributed by atoms with van der Waals surface area (Å²) in [6.07, 6.45) is 1.16. The number of benzene rings is 2. The number of aryl methyl sites for hydroxylation is 1. The Morgan fingerprint density at radius 2 is 1.73 bits per heavy atom. The minimum atomic E-state index is -0.500. The van der Waals surface area contributed by atoms with E-state index in [4.69, 9.17) is 0 Å². The number of amides is 2. The van der Waals surface area contributed by atoms with Gasteiger partial charge in [-0.3, -0.25) is 9.59 Å². The summed E-state index contributed by atoms with van der Waals surface area (Å²) in [7, 11) is 0. The fraction of sp³-hybridized carbons (Fsp3) is 0.222. The first-order valence-corrected chi connectivity index (χ1v) is 7.46. The maximum Gasteiger partial charge on any atom is 0.256 e. The van der Waals surface area contributed by atoms with Crippen LogP contribution in [0.5, 0.6) is 0 Å². The average molecular weight is 294 g/mol. The van der Waals surface area contributed by atoms with Gasteiger partial charge in [0.25, 0.3) is 5.91 Å². The minimum absolute atomic E-state index is 0.168. The predicted molar refractivity (Wildman–Crippen MR) is 86.8 cm³/mol. The highest BCUT2D eigenvalue weighted by molar-refractivity contribution is 6.23. The Kier molecular flexibility index (Phi) is 3.92. The molecule has 0 unspecified atom stereocenters. The first kappa shape index (κ1) is 14.3. The Balaban J connectivity index is 1.76. The van der Waals surface area contributed by atoms with Gasteiger partial charge in [-0.2, -0.15) is 0 Å². The van der Waals surface area contributed by atoms with Crippen LogP contribution < -0.4 is 10.2 Å². The highest BCUT2D eigenvalue weighted by Gasteiger charge is 2.39. The lowest BCUT2D eigenvalue weighted by atomic mass is 10.1. The van der Waals surface area contributed by atoms with E-state index in [1.165, 1.54) is 10.5 Å². The van der Waals surface area contributed by atoms with E-state index in [0.29, 0.717) is 5.69 Å². The predicted octanol–water partition coefficient (Wildman–Crippen LogP) is 2.99. The molecule has 4 heteroatoms. The van der Waals surface area contributed by atoms with Crippen LogP contribution in [-0.2, 0) is 16.0 Å². The second-order valence-corrected chi connectivity index (χ2v) is 5.35. The van der Waals surface area contributed by atoms with Crippen molar-refractivity contribution >= 4 is 23.2 Å². The van der Waals surface area contributed by atoms with E-state index in [9.17, 15) is 9.59 Å². The number of nitrogens with zero attached hydrogens (tertiary/aromatic N) is 1. The molecule has 1 fully saturated rings. The fourth-order valence-electron chi connectivity index (χ4n) is 2.63. The van der Waals surface area contributed by atoms with Crippen LogP contribution in [0.25, 0.3) is 0 Å².